The van der Waals surface area contributed by atoms with Gasteiger partial charge < -0.3 is 9.72 Å². The van der Waals surface area contributed by atoms with E-state index in [1.165, 1.54) is 6.07 Å². The highest BCUT2D eigenvalue weighted by molar-refractivity contribution is 6.09. The highest BCUT2D eigenvalue weighted by Gasteiger charge is 2.38. The van der Waals surface area contributed by atoms with E-state index in [-0.39, 0.29) is 22.7 Å². The lowest BCUT2D eigenvalue weighted by atomic mass is 10.0. The largest absolute Gasteiger partial charge is 0.431 e. The maximum Gasteiger partial charge on any atom is 0.431 e. The van der Waals surface area contributed by atoms with Crippen molar-refractivity contribution < 1.29 is 31.1 Å². The maximum absolute atomic E-state index is 13.2. The third kappa shape index (κ3) is 2.95. The molecule has 0 spiro atoms. The summed E-state index contributed by atoms with van der Waals surface area (Å²) < 4.78 is 83.3. The third-order valence-electron chi connectivity index (χ3n) is 3.60. The number of pyridine rings is 1. The summed E-state index contributed by atoms with van der Waals surface area (Å²) >= 11 is 0. The fraction of sp³-hybridized carbons (Fsp3) is 0.133. The molecule has 11 heteroatoms. The highest BCUT2D eigenvalue weighted by Crippen LogP contribution is 2.40. The Bertz CT molecular complexity index is 1030. The number of aromatic nitrogens is 2. The first kappa shape index (κ1) is 17.7. The van der Waals surface area contributed by atoms with E-state index in [1.807, 2.05) is 4.98 Å². The molecule has 3 rings (SSSR count). The van der Waals surface area contributed by atoms with Gasteiger partial charge >= 0.3 is 12.4 Å². The van der Waals surface area contributed by atoms with Crippen molar-refractivity contribution in [2.75, 3.05) is 0 Å². The van der Waals surface area contributed by atoms with Crippen LogP contribution >= 0.6 is 0 Å². The van der Waals surface area contributed by atoms with Crippen molar-refractivity contribution in [1.82, 2.24) is 9.97 Å². The number of hydrogen-bond donors (Lipinski definition) is 3. The summed E-state index contributed by atoms with van der Waals surface area (Å²) in [7, 11) is 0. The Morgan fingerprint density at radius 3 is 2.31 bits per heavy atom. The molecule has 5 nitrogen and oxygen atoms in total. The van der Waals surface area contributed by atoms with E-state index in [4.69, 9.17) is 10.8 Å². The molecule has 0 bridgehead atoms. The maximum atomic E-state index is 13.2. The molecule has 0 saturated carbocycles. The summed E-state index contributed by atoms with van der Waals surface area (Å²) in [5.41, 5.74) is -3.46. The molecule has 2 heterocycles. The molecule has 0 atom stereocenters. The van der Waals surface area contributed by atoms with E-state index in [0.717, 1.165) is 12.1 Å². The summed E-state index contributed by atoms with van der Waals surface area (Å²) in [5, 5.41) is 13.8. The number of nitrogens with zero attached hydrogens (tertiary/aromatic N) is 1. The highest BCUT2D eigenvalue weighted by atomic mass is 19.4. The van der Waals surface area contributed by atoms with Crippen LogP contribution in [-0.2, 0) is 17.1 Å². The number of halogens is 6. The van der Waals surface area contributed by atoms with Crippen LogP contribution in [0.4, 0.5) is 26.3 Å². The summed E-state index contributed by atoms with van der Waals surface area (Å²) in [6.07, 6.45) is -9.56. The van der Waals surface area contributed by atoms with Gasteiger partial charge in [-0.15, -0.1) is 0 Å². The monoisotopic (exact) mass is 374 g/mol. The number of rotatable bonds is 2. The molecule has 0 unspecified atom stereocenters. The molecule has 0 amide bonds. The van der Waals surface area contributed by atoms with Crippen LogP contribution in [-0.4, -0.2) is 22.3 Å². The fourth-order valence-electron chi connectivity index (χ4n) is 2.53. The van der Waals surface area contributed by atoms with Gasteiger partial charge in [-0.05, 0) is 18.2 Å². The van der Waals surface area contributed by atoms with Crippen LogP contribution in [0.1, 0.15) is 17.0 Å². The van der Waals surface area contributed by atoms with Gasteiger partial charge in [0.05, 0.1) is 16.6 Å². The van der Waals surface area contributed by atoms with Gasteiger partial charge in [0.1, 0.15) is 11.4 Å². The van der Waals surface area contributed by atoms with Gasteiger partial charge in [0.25, 0.3) is 0 Å². The molecule has 3 aromatic rings. The lowest BCUT2D eigenvalue weighted by molar-refractivity contribution is -0.144. The molecule has 1 aromatic carbocycles. The van der Waals surface area contributed by atoms with E-state index in [9.17, 15) is 26.3 Å². The zero-order valence-electron chi connectivity index (χ0n) is 12.5. The minimum atomic E-state index is -5.02. The third-order valence-corrected chi connectivity index (χ3v) is 3.60. The normalized spacial score (nSPS) is 12.5. The Kier molecular flexibility index (Phi) is 3.89. The van der Waals surface area contributed by atoms with E-state index >= 15 is 0 Å². The number of hydrogen-bond acceptors (Lipinski definition) is 4. The minimum absolute atomic E-state index is 0.0195. The van der Waals surface area contributed by atoms with Crippen LogP contribution < -0.4 is 0 Å². The second kappa shape index (κ2) is 5.71. The minimum Gasteiger partial charge on any atom is -0.426 e. The first-order valence-corrected chi connectivity index (χ1v) is 6.87. The molecule has 136 valence electrons. The number of H-pyrrole nitrogens is 1. The summed E-state index contributed by atoms with van der Waals surface area (Å²) in [4.78, 5) is 5.92. The Morgan fingerprint density at radius 1 is 1.04 bits per heavy atom. The average Bonchev–Trinajstić information content (AvgIpc) is 2.97. The lowest BCUT2D eigenvalue weighted by Crippen LogP contribution is -2.13. The van der Waals surface area contributed by atoms with Crippen molar-refractivity contribution in [1.29, 1.82) is 10.8 Å². The van der Waals surface area contributed by atoms with E-state index in [2.05, 4.69) is 9.72 Å². The van der Waals surface area contributed by atoms with Gasteiger partial charge in [-0.25, -0.2) is 4.98 Å². The first-order chi connectivity index (χ1) is 12.0. The van der Waals surface area contributed by atoms with Crippen LogP contribution in [0.25, 0.3) is 21.8 Å². The first-order valence-electron chi connectivity index (χ1n) is 6.87. The number of nitrogens with one attached hydrogen (secondary N) is 3. The number of benzene rings is 1. The molecule has 0 fully saturated rings. The molecular weight excluding hydrogens is 366 g/mol. The van der Waals surface area contributed by atoms with E-state index < -0.39 is 40.4 Å². The topological polar surface area (TPSA) is 85.6 Å². The SMILES string of the molecule is N=COC(=N)c1cc2c(ccc3c(C(F)(F)F)cc(C(F)(F)F)[nH]c32)n1. The van der Waals surface area contributed by atoms with Crippen molar-refractivity contribution in [3.63, 3.8) is 0 Å². The summed E-state index contributed by atoms with van der Waals surface area (Å²) in [6, 6.07) is 3.36. The fourth-order valence-corrected chi connectivity index (χ4v) is 2.53. The van der Waals surface area contributed by atoms with Gasteiger partial charge in [-0.1, -0.05) is 6.07 Å². The Balaban J connectivity index is 2.38. The summed E-state index contributed by atoms with van der Waals surface area (Å²) in [6.45, 7) is 0. The van der Waals surface area contributed by atoms with E-state index in [1.54, 1.807) is 0 Å². The van der Waals surface area contributed by atoms with Crippen LogP contribution in [0.3, 0.4) is 0 Å². The van der Waals surface area contributed by atoms with Crippen molar-refractivity contribution in [2.24, 2.45) is 0 Å². The molecule has 0 aliphatic rings. The zero-order valence-corrected chi connectivity index (χ0v) is 12.5. The van der Waals surface area contributed by atoms with Gasteiger partial charge in [0, 0.05) is 10.8 Å². The Labute approximate surface area is 140 Å². The second-order valence-corrected chi connectivity index (χ2v) is 5.22. The second-order valence-electron chi connectivity index (χ2n) is 5.22. The van der Waals surface area contributed by atoms with Crippen LogP contribution in [0.2, 0.25) is 0 Å². The van der Waals surface area contributed by atoms with Crippen molar-refractivity contribution in [3.05, 3.63) is 41.2 Å². The van der Waals surface area contributed by atoms with E-state index in [0.29, 0.717) is 6.40 Å². The average molecular weight is 374 g/mol. The smallest absolute Gasteiger partial charge is 0.426 e. The van der Waals surface area contributed by atoms with Crippen molar-refractivity contribution in [2.45, 2.75) is 12.4 Å². The van der Waals surface area contributed by atoms with Crippen LogP contribution in [0.15, 0.2) is 24.3 Å². The number of ether oxygens (including phenoxy) is 1. The molecule has 26 heavy (non-hydrogen) atoms. The Hall–Kier alpha value is -3.11. The zero-order chi connectivity index (χ0) is 19.3. The van der Waals surface area contributed by atoms with Crippen molar-refractivity contribution in [3.8, 4) is 0 Å². The van der Waals surface area contributed by atoms with Gasteiger partial charge in [0.15, 0.2) is 6.40 Å². The predicted octanol–water partition coefficient (Wildman–Crippen LogP) is 4.70. The summed E-state index contributed by atoms with van der Waals surface area (Å²) in [5.74, 6) is -0.563. The molecule has 0 radical (unpaired) electrons. The van der Waals surface area contributed by atoms with Gasteiger partial charge in [0.2, 0.25) is 5.90 Å². The van der Waals surface area contributed by atoms with Crippen LogP contribution in [0.5, 0.6) is 0 Å². The van der Waals surface area contributed by atoms with Crippen molar-refractivity contribution >= 4 is 34.1 Å². The number of aromatic amines is 1. The molecule has 0 saturated heterocycles. The standard InChI is InChI=1S/C15H8F6N4O/c16-14(17,18)8-4-11(15(19,20)21)25-12-6(8)1-2-9-7(12)3-10(24-9)13(23)26-5-22/h1-5,22-23,25H. The molecule has 0 aliphatic heterocycles. The lowest BCUT2D eigenvalue weighted by Gasteiger charge is -2.15. The molecule has 2 aromatic heterocycles. The predicted molar refractivity (Wildman–Crippen MR) is 80.3 cm³/mol. The molecule has 3 N–H and O–H groups in total. The van der Waals surface area contributed by atoms with Gasteiger partial charge in [-0.3, -0.25) is 10.8 Å². The number of fused-ring (bicyclic) bond motifs is 3. The number of alkyl halides is 6. The molecule has 0 aliphatic carbocycles. The van der Waals surface area contributed by atoms with Gasteiger partial charge in [-0.2, -0.15) is 26.3 Å². The Morgan fingerprint density at radius 2 is 1.73 bits per heavy atom. The molecular formula is C15H8F6N4O. The quantitative estimate of drug-likeness (QED) is 0.345. The van der Waals surface area contributed by atoms with Crippen LogP contribution in [0, 0.1) is 10.8 Å².